The number of hydrogen-bond donors (Lipinski definition) is 1. The number of piperazine rings is 1. The van der Waals surface area contributed by atoms with Crippen molar-refractivity contribution in [3.05, 3.63) is 34.9 Å². The van der Waals surface area contributed by atoms with Crippen LogP contribution in [0.15, 0.2) is 24.3 Å². The first kappa shape index (κ1) is 15.8. The standard InChI is InChI=1S/C16H25ClN2O/c1-13(2)19-11-9-18(10-12-19)8-7-16(20)14-5-3-4-6-15(14)17/h3-6,13,16,20H,7-12H2,1-2H3. The van der Waals surface area contributed by atoms with Gasteiger partial charge < -0.3 is 10.0 Å². The number of benzene rings is 1. The van der Waals surface area contributed by atoms with Crippen molar-refractivity contribution in [1.82, 2.24) is 9.80 Å². The smallest absolute Gasteiger partial charge is 0.0816 e. The Morgan fingerprint density at radius 2 is 1.80 bits per heavy atom. The Hall–Kier alpha value is -0.610. The van der Waals surface area contributed by atoms with E-state index >= 15 is 0 Å². The van der Waals surface area contributed by atoms with Gasteiger partial charge in [0.2, 0.25) is 0 Å². The summed E-state index contributed by atoms with van der Waals surface area (Å²) >= 11 is 6.11. The molecule has 1 aromatic carbocycles. The molecular formula is C16H25ClN2O. The van der Waals surface area contributed by atoms with Gasteiger partial charge in [-0.1, -0.05) is 29.8 Å². The Bertz CT molecular complexity index is 417. The van der Waals surface area contributed by atoms with E-state index in [-0.39, 0.29) is 0 Å². The first-order valence-electron chi connectivity index (χ1n) is 7.47. The van der Waals surface area contributed by atoms with Crippen molar-refractivity contribution in [1.29, 1.82) is 0 Å². The molecule has 0 bridgehead atoms. The summed E-state index contributed by atoms with van der Waals surface area (Å²) in [6, 6.07) is 8.19. The predicted molar refractivity (Wildman–Crippen MR) is 84.2 cm³/mol. The Morgan fingerprint density at radius 1 is 1.15 bits per heavy atom. The fourth-order valence-corrected chi connectivity index (χ4v) is 2.97. The Labute approximate surface area is 127 Å². The van der Waals surface area contributed by atoms with Gasteiger partial charge in [0.05, 0.1) is 6.10 Å². The van der Waals surface area contributed by atoms with Crippen LogP contribution in [-0.2, 0) is 0 Å². The van der Waals surface area contributed by atoms with Gasteiger partial charge in [-0.05, 0) is 31.9 Å². The second kappa shape index (κ2) is 7.41. The molecule has 1 unspecified atom stereocenters. The quantitative estimate of drug-likeness (QED) is 0.905. The van der Waals surface area contributed by atoms with Gasteiger partial charge >= 0.3 is 0 Å². The van der Waals surface area contributed by atoms with Gasteiger partial charge in [0, 0.05) is 43.8 Å². The Morgan fingerprint density at radius 3 is 2.40 bits per heavy atom. The monoisotopic (exact) mass is 296 g/mol. The molecule has 1 aliphatic heterocycles. The van der Waals surface area contributed by atoms with E-state index in [0.29, 0.717) is 11.1 Å². The lowest BCUT2D eigenvalue weighted by atomic mass is 10.1. The van der Waals surface area contributed by atoms with Crippen molar-refractivity contribution in [2.45, 2.75) is 32.4 Å². The van der Waals surface area contributed by atoms with Crippen molar-refractivity contribution in [3.8, 4) is 0 Å². The zero-order chi connectivity index (χ0) is 14.5. The van der Waals surface area contributed by atoms with Crippen LogP contribution < -0.4 is 0 Å². The number of aliphatic hydroxyl groups is 1. The maximum atomic E-state index is 10.3. The van der Waals surface area contributed by atoms with E-state index in [1.807, 2.05) is 24.3 Å². The van der Waals surface area contributed by atoms with Gasteiger partial charge in [0.1, 0.15) is 0 Å². The summed E-state index contributed by atoms with van der Waals surface area (Å²) in [4.78, 5) is 4.93. The van der Waals surface area contributed by atoms with Gasteiger partial charge in [-0.2, -0.15) is 0 Å². The van der Waals surface area contributed by atoms with Crippen LogP contribution in [0.4, 0.5) is 0 Å². The third kappa shape index (κ3) is 4.19. The average Bonchev–Trinajstić information content (AvgIpc) is 2.45. The molecule has 1 saturated heterocycles. The molecule has 1 heterocycles. The maximum absolute atomic E-state index is 10.3. The van der Waals surface area contributed by atoms with Crippen molar-refractivity contribution in [2.75, 3.05) is 32.7 Å². The topological polar surface area (TPSA) is 26.7 Å². The van der Waals surface area contributed by atoms with Crippen LogP contribution in [0.2, 0.25) is 5.02 Å². The lowest BCUT2D eigenvalue weighted by molar-refractivity contribution is 0.0882. The number of nitrogens with zero attached hydrogens (tertiary/aromatic N) is 2. The lowest BCUT2D eigenvalue weighted by Crippen LogP contribution is -2.49. The molecule has 3 nitrogen and oxygen atoms in total. The Balaban J connectivity index is 1.78. The van der Waals surface area contributed by atoms with Crippen molar-refractivity contribution < 1.29 is 5.11 Å². The van der Waals surface area contributed by atoms with E-state index in [1.54, 1.807) is 0 Å². The molecule has 112 valence electrons. The molecule has 0 spiro atoms. The minimum Gasteiger partial charge on any atom is -0.388 e. The SMILES string of the molecule is CC(C)N1CCN(CCC(O)c2ccccc2Cl)CC1. The van der Waals surface area contributed by atoms with E-state index in [4.69, 9.17) is 11.6 Å². The molecule has 1 aromatic rings. The van der Waals surface area contributed by atoms with E-state index in [2.05, 4.69) is 23.6 Å². The molecule has 0 aliphatic carbocycles. The zero-order valence-electron chi connectivity index (χ0n) is 12.4. The summed E-state index contributed by atoms with van der Waals surface area (Å²) in [5.41, 5.74) is 0.843. The largest absolute Gasteiger partial charge is 0.388 e. The first-order chi connectivity index (χ1) is 9.58. The molecule has 0 saturated carbocycles. The van der Waals surface area contributed by atoms with Gasteiger partial charge in [-0.3, -0.25) is 4.90 Å². The Kier molecular flexibility index (Phi) is 5.85. The second-order valence-electron chi connectivity index (χ2n) is 5.80. The summed E-state index contributed by atoms with van der Waals surface area (Å²) in [6.45, 7) is 9.85. The highest BCUT2D eigenvalue weighted by atomic mass is 35.5. The van der Waals surface area contributed by atoms with Crippen LogP contribution >= 0.6 is 11.6 Å². The first-order valence-corrected chi connectivity index (χ1v) is 7.84. The van der Waals surface area contributed by atoms with Gasteiger partial charge in [-0.15, -0.1) is 0 Å². The number of halogens is 1. The van der Waals surface area contributed by atoms with Crippen LogP contribution in [0.3, 0.4) is 0 Å². The van der Waals surface area contributed by atoms with Gasteiger partial charge in [-0.25, -0.2) is 0 Å². The average molecular weight is 297 g/mol. The molecule has 0 amide bonds. The van der Waals surface area contributed by atoms with E-state index < -0.39 is 6.10 Å². The molecule has 4 heteroatoms. The predicted octanol–water partition coefficient (Wildman–Crippen LogP) is 2.79. The van der Waals surface area contributed by atoms with Crippen molar-refractivity contribution in [3.63, 3.8) is 0 Å². The molecule has 1 fully saturated rings. The van der Waals surface area contributed by atoms with Crippen LogP contribution in [0, 0.1) is 0 Å². The third-order valence-corrected chi connectivity index (χ3v) is 4.46. The van der Waals surface area contributed by atoms with Crippen LogP contribution in [0.25, 0.3) is 0 Å². The summed E-state index contributed by atoms with van der Waals surface area (Å²) in [6.07, 6.45) is 0.276. The summed E-state index contributed by atoms with van der Waals surface area (Å²) in [5.74, 6) is 0. The molecule has 2 rings (SSSR count). The fourth-order valence-electron chi connectivity index (χ4n) is 2.71. The van der Waals surface area contributed by atoms with E-state index in [9.17, 15) is 5.11 Å². The third-order valence-electron chi connectivity index (χ3n) is 4.12. The molecule has 1 atom stereocenters. The van der Waals surface area contributed by atoms with E-state index in [0.717, 1.165) is 44.7 Å². The van der Waals surface area contributed by atoms with Crippen LogP contribution in [0.1, 0.15) is 31.9 Å². The van der Waals surface area contributed by atoms with E-state index in [1.165, 1.54) is 0 Å². The highest BCUT2D eigenvalue weighted by Crippen LogP contribution is 2.25. The minimum atomic E-state index is -0.466. The second-order valence-corrected chi connectivity index (χ2v) is 6.20. The highest BCUT2D eigenvalue weighted by Gasteiger charge is 2.19. The van der Waals surface area contributed by atoms with Crippen molar-refractivity contribution >= 4 is 11.6 Å². The van der Waals surface area contributed by atoms with Gasteiger partial charge in [0.15, 0.2) is 0 Å². The minimum absolute atomic E-state index is 0.466. The zero-order valence-corrected chi connectivity index (χ0v) is 13.2. The molecular weight excluding hydrogens is 272 g/mol. The molecule has 1 aliphatic rings. The number of hydrogen-bond acceptors (Lipinski definition) is 3. The summed E-state index contributed by atoms with van der Waals surface area (Å²) in [7, 11) is 0. The summed E-state index contributed by atoms with van der Waals surface area (Å²) in [5, 5.41) is 10.9. The van der Waals surface area contributed by atoms with Crippen LogP contribution in [-0.4, -0.2) is 53.7 Å². The molecule has 0 radical (unpaired) electrons. The summed E-state index contributed by atoms with van der Waals surface area (Å²) < 4.78 is 0. The molecule has 20 heavy (non-hydrogen) atoms. The number of rotatable bonds is 5. The lowest BCUT2D eigenvalue weighted by Gasteiger charge is -2.37. The fraction of sp³-hybridized carbons (Fsp3) is 0.625. The highest BCUT2D eigenvalue weighted by molar-refractivity contribution is 6.31. The van der Waals surface area contributed by atoms with Gasteiger partial charge in [0.25, 0.3) is 0 Å². The van der Waals surface area contributed by atoms with Crippen LogP contribution in [0.5, 0.6) is 0 Å². The maximum Gasteiger partial charge on any atom is 0.0816 e. The van der Waals surface area contributed by atoms with Crippen molar-refractivity contribution in [2.24, 2.45) is 0 Å². The number of aliphatic hydroxyl groups excluding tert-OH is 1. The molecule has 0 aromatic heterocycles. The normalized spacial score (nSPS) is 19.4. The molecule has 1 N–H and O–H groups in total.